The van der Waals surface area contributed by atoms with Gasteiger partial charge in [-0.2, -0.15) is 13.2 Å². The lowest BCUT2D eigenvalue weighted by atomic mass is 10.1. The molecule has 0 aliphatic heterocycles. The van der Waals surface area contributed by atoms with Gasteiger partial charge in [0.15, 0.2) is 6.10 Å². The Morgan fingerprint density at radius 2 is 2.06 bits per heavy atom. The highest BCUT2D eigenvalue weighted by Gasteiger charge is 2.38. The maximum Gasteiger partial charge on any atom is 0.416 e. The van der Waals surface area contributed by atoms with Crippen LogP contribution in [-0.4, -0.2) is 29.8 Å². The predicted molar refractivity (Wildman–Crippen MR) is 55.5 cm³/mol. The average Bonchev–Trinajstić information content (AvgIpc) is 2.24. The van der Waals surface area contributed by atoms with Gasteiger partial charge in [0.1, 0.15) is 5.82 Å². The van der Waals surface area contributed by atoms with Crippen molar-refractivity contribution in [3.63, 3.8) is 0 Å². The number of aryl methyl sites for hydroxylation is 1. The zero-order valence-corrected chi connectivity index (χ0v) is 9.38. The molecule has 1 rings (SSSR count). The number of amides is 1. The molecule has 2 N–H and O–H groups in total. The number of aliphatic hydroxyl groups is 1. The molecule has 1 amide bonds. The first-order valence-corrected chi connectivity index (χ1v) is 5.01. The van der Waals surface area contributed by atoms with Gasteiger partial charge in [-0.1, -0.05) is 0 Å². The Kier molecular flexibility index (Phi) is 4.28. The summed E-state index contributed by atoms with van der Waals surface area (Å²) in [5.74, 6) is -1.34. The monoisotopic (exact) mass is 265 g/mol. The lowest BCUT2D eigenvalue weighted by Gasteiger charge is -2.15. The van der Waals surface area contributed by atoms with E-state index in [0.717, 1.165) is 12.1 Å². The molecular formula is C11H11F4NO2. The van der Waals surface area contributed by atoms with E-state index < -0.39 is 30.5 Å². The zero-order valence-electron chi connectivity index (χ0n) is 9.38. The fourth-order valence-corrected chi connectivity index (χ4v) is 1.28. The number of alkyl halides is 3. The molecule has 18 heavy (non-hydrogen) atoms. The summed E-state index contributed by atoms with van der Waals surface area (Å²) in [5.41, 5.74) is 0.361. The summed E-state index contributed by atoms with van der Waals surface area (Å²) in [6.07, 6.45) is -7.41. The van der Waals surface area contributed by atoms with Gasteiger partial charge in [-0.3, -0.25) is 4.79 Å². The van der Waals surface area contributed by atoms with Crippen LogP contribution in [0.5, 0.6) is 0 Å². The second-order valence-corrected chi connectivity index (χ2v) is 3.73. The van der Waals surface area contributed by atoms with E-state index in [4.69, 9.17) is 5.11 Å². The average molecular weight is 265 g/mol. The maximum atomic E-state index is 12.8. The van der Waals surface area contributed by atoms with E-state index in [-0.39, 0.29) is 5.56 Å². The van der Waals surface area contributed by atoms with Gasteiger partial charge in [-0.05, 0) is 30.7 Å². The van der Waals surface area contributed by atoms with Crippen LogP contribution in [0.25, 0.3) is 0 Å². The SMILES string of the molecule is Cc1cc(F)ccc1C(=O)NCC(O)C(F)(F)F. The van der Waals surface area contributed by atoms with E-state index in [9.17, 15) is 22.4 Å². The van der Waals surface area contributed by atoms with Crippen molar-refractivity contribution in [2.24, 2.45) is 0 Å². The van der Waals surface area contributed by atoms with Gasteiger partial charge >= 0.3 is 6.18 Å². The quantitative estimate of drug-likeness (QED) is 0.818. The van der Waals surface area contributed by atoms with Gasteiger partial charge < -0.3 is 10.4 Å². The van der Waals surface area contributed by atoms with Crippen molar-refractivity contribution in [3.8, 4) is 0 Å². The minimum Gasteiger partial charge on any atom is -0.382 e. The summed E-state index contributed by atoms with van der Waals surface area (Å²) in [4.78, 5) is 11.5. The van der Waals surface area contributed by atoms with Gasteiger partial charge in [0.2, 0.25) is 0 Å². The summed E-state index contributed by atoms with van der Waals surface area (Å²) >= 11 is 0. The first-order chi connectivity index (χ1) is 8.21. The van der Waals surface area contributed by atoms with Crippen LogP contribution in [-0.2, 0) is 0 Å². The van der Waals surface area contributed by atoms with Crippen molar-refractivity contribution in [2.45, 2.75) is 19.2 Å². The Bertz CT molecular complexity index is 445. The van der Waals surface area contributed by atoms with Crippen LogP contribution in [0.3, 0.4) is 0 Å². The van der Waals surface area contributed by atoms with Crippen molar-refractivity contribution in [1.29, 1.82) is 0 Å². The molecule has 1 aromatic rings. The highest BCUT2D eigenvalue weighted by Crippen LogP contribution is 2.19. The normalized spacial score (nSPS) is 13.2. The zero-order chi connectivity index (χ0) is 13.9. The molecule has 0 aliphatic rings. The maximum absolute atomic E-state index is 12.8. The van der Waals surface area contributed by atoms with E-state index in [1.807, 2.05) is 5.32 Å². The number of nitrogens with one attached hydrogen (secondary N) is 1. The van der Waals surface area contributed by atoms with E-state index in [1.54, 1.807) is 0 Å². The number of aliphatic hydroxyl groups excluding tert-OH is 1. The molecule has 0 spiro atoms. The Hall–Kier alpha value is -1.63. The molecule has 7 heteroatoms. The van der Waals surface area contributed by atoms with Crippen molar-refractivity contribution in [2.75, 3.05) is 6.54 Å². The van der Waals surface area contributed by atoms with Crippen molar-refractivity contribution >= 4 is 5.91 Å². The number of carbonyl (C=O) groups is 1. The first-order valence-electron chi connectivity index (χ1n) is 5.01. The van der Waals surface area contributed by atoms with Crippen molar-refractivity contribution in [1.82, 2.24) is 5.32 Å². The third kappa shape index (κ3) is 3.69. The third-order valence-corrected chi connectivity index (χ3v) is 2.27. The number of carbonyl (C=O) groups excluding carboxylic acids is 1. The minimum absolute atomic E-state index is 0.0609. The number of halogens is 4. The van der Waals surface area contributed by atoms with E-state index >= 15 is 0 Å². The Labute approximate surface area is 100 Å². The van der Waals surface area contributed by atoms with Crippen LogP contribution in [0.4, 0.5) is 17.6 Å². The first kappa shape index (κ1) is 14.4. The molecule has 100 valence electrons. The smallest absolute Gasteiger partial charge is 0.382 e. The molecule has 0 saturated heterocycles. The predicted octanol–water partition coefficient (Wildman–Crippen LogP) is 1.79. The molecule has 0 radical (unpaired) electrons. The number of benzene rings is 1. The molecule has 0 heterocycles. The van der Waals surface area contributed by atoms with Crippen LogP contribution in [0.15, 0.2) is 18.2 Å². The highest BCUT2D eigenvalue weighted by atomic mass is 19.4. The van der Waals surface area contributed by atoms with E-state index in [0.29, 0.717) is 5.56 Å². The molecule has 0 aliphatic carbocycles. The molecule has 1 atom stereocenters. The molecule has 1 unspecified atom stereocenters. The lowest BCUT2D eigenvalue weighted by molar-refractivity contribution is -0.201. The molecule has 3 nitrogen and oxygen atoms in total. The molecule has 0 bridgehead atoms. The summed E-state index contributed by atoms with van der Waals surface area (Å²) in [5, 5.41) is 10.6. The van der Waals surface area contributed by atoms with Gasteiger partial charge in [0.05, 0.1) is 6.54 Å². The van der Waals surface area contributed by atoms with Crippen LogP contribution >= 0.6 is 0 Å². The highest BCUT2D eigenvalue weighted by molar-refractivity contribution is 5.95. The molecule has 1 aromatic carbocycles. The van der Waals surface area contributed by atoms with Crippen LogP contribution in [0.1, 0.15) is 15.9 Å². The summed E-state index contributed by atoms with van der Waals surface area (Å²) in [7, 11) is 0. The van der Waals surface area contributed by atoms with Gasteiger partial charge in [0, 0.05) is 5.56 Å². The van der Waals surface area contributed by atoms with Gasteiger partial charge in [-0.15, -0.1) is 0 Å². The van der Waals surface area contributed by atoms with Crippen LogP contribution < -0.4 is 5.32 Å². The molecule has 0 saturated carbocycles. The fourth-order valence-electron chi connectivity index (χ4n) is 1.28. The summed E-state index contributed by atoms with van der Waals surface area (Å²) in [6.45, 7) is 0.511. The van der Waals surface area contributed by atoms with Crippen molar-refractivity contribution in [3.05, 3.63) is 35.1 Å². The molecule has 0 fully saturated rings. The minimum atomic E-state index is -4.79. The Morgan fingerprint density at radius 1 is 1.44 bits per heavy atom. The Morgan fingerprint density at radius 3 is 2.56 bits per heavy atom. The Balaban J connectivity index is 2.66. The summed E-state index contributed by atoms with van der Waals surface area (Å²) in [6, 6.07) is 3.29. The second-order valence-electron chi connectivity index (χ2n) is 3.73. The van der Waals surface area contributed by atoms with Gasteiger partial charge in [0.25, 0.3) is 5.91 Å². The fraction of sp³-hybridized carbons (Fsp3) is 0.364. The third-order valence-electron chi connectivity index (χ3n) is 2.27. The number of hydrogen-bond donors (Lipinski definition) is 2. The number of rotatable bonds is 3. The molecular weight excluding hydrogens is 254 g/mol. The standard InChI is InChI=1S/C11H11F4NO2/c1-6-4-7(12)2-3-8(6)10(18)16-5-9(17)11(13,14)15/h2-4,9,17H,5H2,1H3,(H,16,18). The lowest BCUT2D eigenvalue weighted by Crippen LogP contribution is -2.40. The van der Waals surface area contributed by atoms with Crippen molar-refractivity contribution < 1.29 is 27.5 Å². The largest absolute Gasteiger partial charge is 0.416 e. The van der Waals surface area contributed by atoms with Crippen LogP contribution in [0, 0.1) is 12.7 Å². The van der Waals surface area contributed by atoms with E-state index in [2.05, 4.69) is 0 Å². The summed E-state index contributed by atoms with van der Waals surface area (Å²) < 4.78 is 48.7. The van der Waals surface area contributed by atoms with Gasteiger partial charge in [-0.25, -0.2) is 4.39 Å². The second kappa shape index (κ2) is 5.34. The van der Waals surface area contributed by atoms with Crippen LogP contribution in [0.2, 0.25) is 0 Å². The molecule has 0 aromatic heterocycles. The van der Waals surface area contributed by atoms with E-state index in [1.165, 1.54) is 13.0 Å². The number of hydrogen-bond acceptors (Lipinski definition) is 2. The topological polar surface area (TPSA) is 49.3 Å².